The molecule has 0 aliphatic rings. The van der Waals surface area contributed by atoms with Crippen molar-refractivity contribution in [3.05, 3.63) is 41.5 Å². The highest BCUT2D eigenvalue weighted by Crippen LogP contribution is 1.92. The van der Waals surface area contributed by atoms with Crippen LogP contribution in [0, 0.1) is 12.8 Å². The molecular weight excluding hydrogens is 242 g/mol. The summed E-state index contributed by atoms with van der Waals surface area (Å²) >= 11 is 0. The van der Waals surface area contributed by atoms with Gasteiger partial charge in [-0.3, -0.25) is 9.79 Å². The summed E-state index contributed by atoms with van der Waals surface area (Å²) in [5.74, 6) is 0.237. The first-order valence-electron chi connectivity index (χ1n) is 6.34. The van der Waals surface area contributed by atoms with Crippen LogP contribution < -0.4 is 10.8 Å². The highest BCUT2D eigenvalue weighted by atomic mass is 16.5. The first-order chi connectivity index (χ1) is 8.99. The summed E-state index contributed by atoms with van der Waals surface area (Å²) in [6.45, 7) is 6.81. The van der Waals surface area contributed by atoms with Gasteiger partial charge in [0.2, 0.25) is 5.91 Å². The fourth-order valence-corrected chi connectivity index (χ4v) is 1.39. The van der Waals surface area contributed by atoms with Crippen molar-refractivity contribution < 1.29 is 10.0 Å². The molecule has 0 unspecified atom stereocenters. The molecule has 19 heavy (non-hydrogen) atoms. The lowest BCUT2D eigenvalue weighted by Crippen LogP contribution is -2.26. The molecule has 0 aliphatic carbocycles. The number of aryl methyl sites for hydroxylation is 1. The van der Waals surface area contributed by atoms with Crippen molar-refractivity contribution in [2.24, 2.45) is 10.9 Å². The van der Waals surface area contributed by atoms with Gasteiger partial charge in [-0.2, -0.15) is 4.73 Å². The number of hydrogen-bond acceptors (Lipinski definition) is 3. The van der Waals surface area contributed by atoms with E-state index in [0.29, 0.717) is 24.5 Å². The van der Waals surface area contributed by atoms with Crippen LogP contribution in [0.15, 0.2) is 35.5 Å². The first kappa shape index (κ1) is 15.0. The van der Waals surface area contributed by atoms with Crippen molar-refractivity contribution in [3.63, 3.8) is 0 Å². The minimum Gasteiger partial charge on any atom is -0.427 e. The second-order valence-corrected chi connectivity index (χ2v) is 4.68. The normalized spacial score (nSPS) is 12.3. The number of nitrogens with zero attached hydrogens (tertiary/aromatic N) is 2. The monoisotopic (exact) mass is 263 g/mol. The molecule has 104 valence electrons. The van der Waals surface area contributed by atoms with Gasteiger partial charge in [0.1, 0.15) is 0 Å². The molecule has 0 saturated heterocycles. The van der Waals surface area contributed by atoms with E-state index in [9.17, 15) is 10.0 Å². The van der Waals surface area contributed by atoms with E-state index in [1.54, 1.807) is 12.1 Å². The van der Waals surface area contributed by atoms with Gasteiger partial charge < -0.3 is 10.5 Å². The quantitative estimate of drug-likeness (QED) is 0.477. The Morgan fingerprint density at radius 3 is 3.00 bits per heavy atom. The fourth-order valence-electron chi connectivity index (χ4n) is 1.39. The molecule has 2 N–H and O–H groups in total. The predicted octanol–water partition coefficient (Wildman–Crippen LogP) is 1.26. The Bertz CT molecular complexity index is 516. The summed E-state index contributed by atoms with van der Waals surface area (Å²) in [6.07, 6.45) is 4.91. The number of aromatic nitrogens is 1. The Kier molecular flexibility index (Phi) is 5.85. The molecule has 1 aromatic rings. The number of rotatable bonds is 5. The average Bonchev–Trinajstić information content (AvgIpc) is 2.36. The standard InChI is InChI=1S/C14H21N3O2/c1-11(2)4-5-14(18)16-8-7-15-13-10-12(3)6-9-17(13)19/h4-6,9-11,19H,7-8H2,1-3H3,(H,16,18)/b5-4+,15-13?. The second-order valence-electron chi connectivity index (χ2n) is 4.68. The van der Waals surface area contributed by atoms with Crippen molar-refractivity contribution in [3.8, 4) is 0 Å². The van der Waals surface area contributed by atoms with E-state index in [2.05, 4.69) is 10.3 Å². The highest BCUT2D eigenvalue weighted by Gasteiger charge is 1.95. The van der Waals surface area contributed by atoms with Crippen molar-refractivity contribution in [1.29, 1.82) is 0 Å². The Morgan fingerprint density at radius 2 is 2.32 bits per heavy atom. The third-order valence-electron chi connectivity index (χ3n) is 2.39. The van der Waals surface area contributed by atoms with E-state index < -0.39 is 0 Å². The maximum atomic E-state index is 11.4. The zero-order valence-corrected chi connectivity index (χ0v) is 11.6. The molecule has 1 rings (SSSR count). The molecule has 0 spiro atoms. The lowest BCUT2D eigenvalue weighted by Gasteiger charge is -2.01. The molecule has 0 aliphatic heterocycles. The van der Waals surface area contributed by atoms with E-state index in [0.717, 1.165) is 10.3 Å². The summed E-state index contributed by atoms with van der Waals surface area (Å²) in [7, 11) is 0. The lowest BCUT2D eigenvalue weighted by atomic mass is 10.2. The largest absolute Gasteiger partial charge is 0.427 e. The minimum atomic E-state index is -0.120. The van der Waals surface area contributed by atoms with E-state index in [-0.39, 0.29) is 5.91 Å². The highest BCUT2D eigenvalue weighted by molar-refractivity contribution is 5.87. The number of carbonyl (C=O) groups is 1. The van der Waals surface area contributed by atoms with E-state index >= 15 is 0 Å². The Balaban J connectivity index is 2.46. The van der Waals surface area contributed by atoms with Crippen LogP contribution in [0.3, 0.4) is 0 Å². The molecule has 1 amide bonds. The molecule has 0 radical (unpaired) electrons. The number of hydrogen-bond donors (Lipinski definition) is 2. The van der Waals surface area contributed by atoms with Gasteiger partial charge in [0.15, 0.2) is 5.49 Å². The first-order valence-corrected chi connectivity index (χ1v) is 6.34. The van der Waals surface area contributed by atoms with Gasteiger partial charge in [0.25, 0.3) is 0 Å². The van der Waals surface area contributed by atoms with Crippen LogP contribution in [-0.4, -0.2) is 28.9 Å². The molecule has 5 heteroatoms. The molecule has 0 atom stereocenters. The molecule has 5 nitrogen and oxygen atoms in total. The van der Waals surface area contributed by atoms with Crippen molar-refractivity contribution >= 4 is 5.91 Å². The summed E-state index contributed by atoms with van der Waals surface area (Å²) in [5, 5.41) is 12.2. The number of allylic oxidation sites excluding steroid dienone is 1. The molecule has 0 bridgehead atoms. The molecule has 0 saturated carbocycles. The third-order valence-corrected chi connectivity index (χ3v) is 2.39. The van der Waals surface area contributed by atoms with Gasteiger partial charge in [-0.1, -0.05) is 19.9 Å². The van der Waals surface area contributed by atoms with Crippen LogP contribution in [0.2, 0.25) is 0 Å². The van der Waals surface area contributed by atoms with Crippen LogP contribution in [0.5, 0.6) is 0 Å². The second kappa shape index (κ2) is 7.41. The third kappa shape index (κ3) is 5.90. The topological polar surface area (TPSA) is 66.6 Å². The Hall–Kier alpha value is -2.04. The molecule has 0 aromatic carbocycles. The van der Waals surface area contributed by atoms with E-state index in [1.165, 1.54) is 12.3 Å². The van der Waals surface area contributed by atoms with Gasteiger partial charge in [-0.25, -0.2) is 0 Å². The van der Waals surface area contributed by atoms with Crippen LogP contribution in [0.1, 0.15) is 19.4 Å². The number of nitrogens with one attached hydrogen (secondary N) is 1. The maximum absolute atomic E-state index is 11.4. The number of carbonyl (C=O) groups excluding carboxylic acids is 1. The zero-order chi connectivity index (χ0) is 14.3. The van der Waals surface area contributed by atoms with Crippen molar-refractivity contribution in [2.45, 2.75) is 20.8 Å². The summed E-state index contributed by atoms with van der Waals surface area (Å²) in [4.78, 5) is 15.6. The lowest BCUT2D eigenvalue weighted by molar-refractivity contribution is -0.116. The molecule has 1 heterocycles. The minimum absolute atomic E-state index is 0.120. The molecular formula is C14H21N3O2. The summed E-state index contributed by atoms with van der Waals surface area (Å²) < 4.78 is 0.966. The number of pyridine rings is 1. The van der Waals surface area contributed by atoms with Gasteiger partial charge in [0.05, 0.1) is 6.54 Å². The summed E-state index contributed by atoms with van der Waals surface area (Å²) in [6, 6.07) is 3.57. The Labute approximate surface area is 113 Å². The van der Waals surface area contributed by atoms with Gasteiger partial charge >= 0.3 is 0 Å². The Morgan fingerprint density at radius 1 is 1.58 bits per heavy atom. The van der Waals surface area contributed by atoms with Crippen LogP contribution in [-0.2, 0) is 4.79 Å². The smallest absolute Gasteiger partial charge is 0.243 e. The fraction of sp³-hybridized carbons (Fsp3) is 0.429. The van der Waals surface area contributed by atoms with Crippen molar-refractivity contribution in [1.82, 2.24) is 10.0 Å². The SMILES string of the molecule is Cc1ccn(O)c(=NCCNC(=O)/C=C/C(C)C)c1. The predicted molar refractivity (Wildman–Crippen MR) is 73.8 cm³/mol. The van der Waals surface area contributed by atoms with Crippen molar-refractivity contribution in [2.75, 3.05) is 13.1 Å². The van der Waals surface area contributed by atoms with Crippen LogP contribution in [0.25, 0.3) is 0 Å². The van der Waals surface area contributed by atoms with Gasteiger partial charge in [0, 0.05) is 12.7 Å². The van der Waals surface area contributed by atoms with E-state index in [1.807, 2.05) is 26.8 Å². The maximum Gasteiger partial charge on any atom is 0.243 e. The van der Waals surface area contributed by atoms with E-state index in [4.69, 9.17) is 0 Å². The molecule has 1 aromatic heterocycles. The molecule has 0 fully saturated rings. The zero-order valence-electron chi connectivity index (χ0n) is 11.6. The summed E-state index contributed by atoms with van der Waals surface area (Å²) in [5.41, 5.74) is 1.50. The van der Waals surface area contributed by atoms with Gasteiger partial charge in [-0.15, -0.1) is 0 Å². The van der Waals surface area contributed by atoms with Crippen LogP contribution >= 0.6 is 0 Å². The van der Waals surface area contributed by atoms with Gasteiger partial charge in [-0.05, 0) is 36.6 Å². The number of amides is 1. The average molecular weight is 263 g/mol. The van der Waals surface area contributed by atoms with Crippen LogP contribution in [0.4, 0.5) is 0 Å².